The molecule has 0 amide bonds. The van der Waals surface area contributed by atoms with Gasteiger partial charge in [-0.15, -0.1) is 0 Å². The number of likely N-dealkylation sites (N-methyl/N-ethyl adjacent to an activating group) is 1. The predicted molar refractivity (Wildman–Crippen MR) is 242 cm³/mol. The smallest absolute Gasteiger partial charge is 0.462 e. The zero-order valence-corrected chi connectivity index (χ0v) is 38.7. The summed E-state index contributed by atoms with van der Waals surface area (Å²) in [5, 5.41) is 10.2. The highest BCUT2D eigenvalue weighted by atomic mass is 31.2. The van der Waals surface area contributed by atoms with E-state index in [2.05, 4.69) is 50.3 Å². The Kier molecular flexibility index (Phi) is 31.8. The summed E-state index contributed by atoms with van der Waals surface area (Å²) in [5.41, 5.74) is 0. The quantitative estimate of drug-likeness (QED) is 0.0203. The number of allylic oxidation sites excluding steroid dienone is 11. The monoisotopic (exact) mass is 863 g/mol. The molecule has 342 valence electrons. The summed E-state index contributed by atoms with van der Waals surface area (Å²) in [4.78, 5) is 47.9. The van der Waals surface area contributed by atoms with Crippen molar-refractivity contribution in [2.45, 2.75) is 154 Å². The Hall–Kier alpha value is -2.92. The van der Waals surface area contributed by atoms with Crippen molar-refractivity contribution >= 4 is 25.5 Å². The van der Waals surface area contributed by atoms with Crippen molar-refractivity contribution in [2.24, 2.45) is 11.8 Å². The molecule has 11 nitrogen and oxygen atoms in total. The minimum atomic E-state index is -4.44. The number of aliphatic hydroxyl groups excluding tert-OH is 1. The Balaban J connectivity index is 2.47. The van der Waals surface area contributed by atoms with Crippen LogP contribution in [0.5, 0.6) is 0 Å². The number of phosphoric ester groups is 1. The summed E-state index contributed by atoms with van der Waals surface area (Å²) >= 11 is 0. The number of phosphoric acid groups is 1. The Labute approximate surface area is 363 Å². The Morgan fingerprint density at radius 3 is 2.05 bits per heavy atom. The van der Waals surface area contributed by atoms with Gasteiger partial charge in [0, 0.05) is 18.8 Å². The van der Waals surface area contributed by atoms with Crippen molar-refractivity contribution in [3.63, 3.8) is 0 Å². The van der Waals surface area contributed by atoms with Crippen LogP contribution in [0.3, 0.4) is 0 Å². The van der Waals surface area contributed by atoms with Gasteiger partial charge in [0.05, 0.1) is 33.9 Å². The van der Waals surface area contributed by atoms with Crippen molar-refractivity contribution in [1.82, 2.24) is 0 Å². The maximum Gasteiger partial charge on any atom is 0.472 e. The van der Waals surface area contributed by atoms with Gasteiger partial charge in [-0.3, -0.25) is 23.4 Å². The van der Waals surface area contributed by atoms with E-state index in [1.807, 2.05) is 45.4 Å². The summed E-state index contributed by atoms with van der Waals surface area (Å²) in [6, 6.07) is 0. The summed E-state index contributed by atoms with van der Waals surface area (Å²) in [5.74, 6) is -1.19. The van der Waals surface area contributed by atoms with E-state index >= 15 is 0 Å². The van der Waals surface area contributed by atoms with Crippen LogP contribution in [0.15, 0.2) is 72.9 Å². The van der Waals surface area contributed by atoms with Crippen LogP contribution in [0.2, 0.25) is 0 Å². The maximum atomic E-state index is 12.7. The summed E-state index contributed by atoms with van der Waals surface area (Å²) in [6.07, 6.45) is 40.0. The van der Waals surface area contributed by atoms with Crippen LogP contribution in [-0.2, 0) is 37.5 Å². The second-order valence-corrected chi connectivity index (χ2v) is 18.2. The Bertz CT molecular complexity index is 1400. The molecular formula is C48H81NO10P+. The molecule has 1 aliphatic rings. The van der Waals surface area contributed by atoms with Crippen molar-refractivity contribution in [2.75, 3.05) is 47.5 Å². The minimum absolute atomic E-state index is 0.00837. The van der Waals surface area contributed by atoms with Crippen molar-refractivity contribution in [3.05, 3.63) is 72.9 Å². The van der Waals surface area contributed by atoms with Crippen LogP contribution in [0.4, 0.5) is 0 Å². The lowest BCUT2D eigenvalue weighted by atomic mass is 9.90. The average Bonchev–Trinajstić information content (AvgIpc) is 3.55. The number of quaternary nitrogens is 1. The van der Waals surface area contributed by atoms with Gasteiger partial charge >= 0.3 is 19.8 Å². The Morgan fingerprint density at radius 1 is 0.767 bits per heavy atom. The first-order chi connectivity index (χ1) is 28.8. The topological polar surface area (TPSA) is 146 Å². The lowest BCUT2D eigenvalue weighted by Crippen LogP contribution is -2.37. The van der Waals surface area contributed by atoms with Crippen LogP contribution in [-0.4, -0.2) is 91.9 Å². The minimum Gasteiger partial charge on any atom is -0.462 e. The van der Waals surface area contributed by atoms with E-state index < -0.39 is 38.6 Å². The number of unbranched alkanes of at least 4 members (excludes halogenated alkanes) is 10. The molecule has 0 aromatic carbocycles. The van der Waals surface area contributed by atoms with Gasteiger partial charge in [0.2, 0.25) is 0 Å². The number of hydrogen-bond donors (Lipinski definition) is 2. The van der Waals surface area contributed by atoms with Crippen LogP contribution in [0.25, 0.3) is 0 Å². The summed E-state index contributed by atoms with van der Waals surface area (Å²) < 4.78 is 34.3. The third kappa shape index (κ3) is 31.9. The van der Waals surface area contributed by atoms with E-state index in [9.17, 15) is 28.9 Å². The third-order valence-electron chi connectivity index (χ3n) is 9.96. The van der Waals surface area contributed by atoms with E-state index in [4.69, 9.17) is 18.5 Å². The molecule has 0 bridgehead atoms. The third-order valence-corrected chi connectivity index (χ3v) is 10.9. The molecular weight excluding hydrogens is 781 g/mol. The second-order valence-electron chi connectivity index (χ2n) is 16.7. The fraction of sp³-hybridized carbons (Fsp3) is 0.688. The van der Waals surface area contributed by atoms with Crippen LogP contribution >= 0.6 is 7.82 Å². The van der Waals surface area contributed by atoms with E-state index in [1.54, 1.807) is 12.2 Å². The summed E-state index contributed by atoms with van der Waals surface area (Å²) in [7, 11) is 1.34. The lowest BCUT2D eigenvalue weighted by Gasteiger charge is -2.24. The lowest BCUT2D eigenvalue weighted by molar-refractivity contribution is -0.870. The number of rotatable bonds is 37. The first-order valence-electron chi connectivity index (χ1n) is 22.7. The number of hydrogen-bond acceptors (Lipinski definition) is 9. The van der Waals surface area contributed by atoms with Gasteiger partial charge < -0.3 is 24.0 Å². The first kappa shape index (κ1) is 55.1. The molecule has 2 N–H and O–H groups in total. The molecule has 0 fully saturated rings. The van der Waals surface area contributed by atoms with Crippen molar-refractivity contribution < 1.29 is 52.0 Å². The van der Waals surface area contributed by atoms with Gasteiger partial charge in [-0.2, -0.15) is 0 Å². The standard InChI is InChI=1S/C48H80NO10P/c1-6-8-10-11-12-13-14-15-16-17-18-19-20-21-22-23-29-33-48(53)59-44(41-58-60(54,55)57-39-38-49(3,4)5)40-56-47(52)32-28-25-24-27-30-42-34-37-46(51)45(42)36-35-43(50)31-26-9-7-2/h12-13,15-16,18-19,24,27,34-37,42-45,50H,6-11,14,17,20-23,25-26,28-33,38-41H2,1-5H3/p+1/b13-12-,16-15-,19-18-,27-24-,36-35+/t42-,43-,44+,45+/m0/s1. The van der Waals surface area contributed by atoms with Gasteiger partial charge in [0.25, 0.3) is 0 Å². The molecule has 1 aliphatic carbocycles. The zero-order chi connectivity index (χ0) is 44.3. The number of ether oxygens (including phenoxy) is 2. The van der Waals surface area contributed by atoms with E-state index in [1.165, 1.54) is 19.3 Å². The number of ketones is 1. The van der Waals surface area contributed by atoms with Crippen LogP contribution in [0, 0.1) is 11.8 Å². The molecule has 5 atom stereocenters. The van der Waals surface area contributed by atoms with E-state index in [-0.39, 0.29) is 43.7 Å². The molecule has 12 heteroatoms. The number of carbonyl (C=O) groups excluding carboxylic acids is 3. The van der Waals surface area contributed by atoms with Gasteiger partial charge in [-0.1, -0.05) is 126 Å². The SMILES string of the molecule is CCCCC/C=C\C/C=C\C/C=C\CCCCCCC(=O)O[C@H](COC(=O)CCC/C=C\C[C@H]1C=CC(=O)[C@@H]1/C=C/[C@@H](O)CCCCC)COP(=O)(O)OCC[N+](C)(C)C. The second kappa shape index (κ2) is 34.6. The largest absolute Gasteiger partial charge is 0.472 e. The number of carbonyl (C=O) groups is 3. The molecule has 1 rings (SSSR count). The number of nitrogens with zero attached hydrogens (tertiary/aromatic N) is 1. The van der Waals surface area contributed by atoms with Gasteiger partial charge in [-0.05, 0) is 82.6 Å². The van der Waals surface area contributed by atoms with Crippen molar-refractivity contribution in [1.29, 1.82) is 0 Å². The Morgan fingerprint density at radius 2 is 1.37 bits per heavy atom. The van der Waals surface area contributed by atoms with Gasteiger partial charge in [0.15, 0.2) is 11.9 Å². The van der Waals surface area contributed by atoms with E-state index in [0.29, 0.717) is 43.1 Å². The molecule has 0 saturated carbocycles. The number of aliphatic hydroxyl groups is 1. The van der Waals surface area contributed by atoms with Gasteiger partial charge in [-0.25, -0.2) is 4.57 Å². The first-order valence-corrected chi connectivity index (χ1v) is 24.2. The predicted octanol–water partition coefficient (Wildman–Crippen LogP) is 10.6. The zero-order valence-electron chi connectivity index (χ0n) is 37.8. The number of esters is 2. The molecule has 0 aliphatic heterocycles. The van der Waals surface area contributed by atoms with E-state index in [0.717, 1.165) is 64.2 Å². The molecule has 0 heterocycles. The molecule has 60 heavy (non-hydrogen) atoms. The highest BCUT2D eigenvalue weighted by Crippen LogP contribution is 2.43. The molecule has 0 saturated heterocycles. The molecule has 0 radical (unpaired) electrons. The highest BCUT2D eigenvalue weighted by Gasteiger charge is 2.28. The van der Waals surface area contributed by atoms with Crippen LogP contribution < -0.4 is 0 Å². The molecule has 1 unspecified atom stereocenters. The van der Waals surface area contributed by atoms with Crippen molar-refractivity contribution in [3.8, 4) is 0 Å². The fourth-order valence-electron chi connectivity index (χ4n) is 6.24. The summed E-state index contributed by atoms with van der Waals surface area (Å²) in [6.45, 7) is 4.02. The fourth-order valence-corrected chi connectivity index (χ4v) is 6.99. The van der Waals surface area contributed by atoms with Gasteiger partial charge in [0.1, 0.15) is 19.8 Å². The normalized spacial score (nSPS) is 18.1. The van der Waals surface area contributed by atoms with Crippen LogP contribution in [0.1, 0.15) is 142 Å². The molecule has 0 aromatic rings. The highest BCUT2D eigenvalue weighted by molar-refractivity contribution is 7.47. The molecule has 0 aromatic heterocycles. The average molecular weight is 863 g/mol. The maximum absolute atomic E-state index is 12.7. The molecule has 0 spiro atoms.